The van der Waals surface area contributed by atoms with Crippen LogP contribution in [-0.2, 0) is 9.84 Å². The molecule has 1 amide bonds. The van der Waals surface area contributed by atoms with Crippen LogP contribution in [0.4, 0.5) is 18.9 Å². The van der Waals surface area contributed by atoms with Gasteiger partial charge in [0.1, 0.15) is 0 Å². The van der Waals surface area contributed by atoms with Crippen molar-refractivity contribution < 1.29 is 31.6 Å². The number of sulfone groups is 1. The number of anilines is 1. The summed E-state index contributed by atoms with van der Waals surface area (Å²) in [6, 6.07) is 4.95. The van der Waals surface area contributed by atoms with Crippen molar-refractivity contribution in [3.8, 4) is 0 Å². The van der Waals surface area contributed by atoms with Gasteiger partial charge in [0, 0.05) is 29.6 Å². The van der Waals surface area contributed by atoms with Gasteiger partial charge in [0.05, 0.1) is 15.2 Å². The van der Waals surface area contributed by atoms with Crippen LogP contribution in [0.15, 0.2) is 40.4 Å². The van der Waals surface area contributed by atoms with E-state index in [1.54, 1.807) is 0 Å². The highest BCUT2D eigenvalue weighted by Crippen LogP contribution is 2.49. The van der Waals surface area contributed by atoms with Crippen LogP contribution in [0.1, 0.15) is 36.0 Å². The quantitative estimate of drug-likeness (QED) is 0.260. The van der Waals surface area contributed by atoms with Gasteiger partial charge in [0.25, 0.3) is 5.91 Å². The van der Waals surface area contributed by atoms with Gasteiger partial charge in [0.15, 0.2) is 27.3 Å². The second-order valence-electron chi connectivity index (χ2n) is 8.46. The van der Waals surface area contributed by atoms with Crippen LogP contribution in [0.5, 0.6) is 0 Å². The largest absolute Gasteiger partial charge is 0.411 e. The summed E-state index contributed by atoms with van der Waals surface area (Å²) in [6.07, 6.45) is 4.04. The number of fused-ring (bicyclic) bond motifs is 2. The molecule has 2 aromatic carbocycles. The third-order valence-corrected chi connectivity index (χ3v) is 9.30. The lowest BCUT2D eigenvalue weighted by Crippen LogP contribution is -2.38. The Morgan fingerprint density at radius 1 is 1.09 bits per heavy atom. The van der Waals surface area contributed by atoms with E-state index in [1.165, 1.54) is 18.3 Å². The van der Waals surface area contributed by atoms with Crippen LogP contribution >= 0.6 is 11.6 Å². The molecule has 2 aromatic rings. The molecule has 11 heteroatoms. The van der Waals surface area contributed by atoms with Crippen molar-refractivity contribution in [1.82, 2.24) is 0 Å². The molecule has 2 atom stereocenters. The molecule has 2 aliphatic rings. The standard InChI is InChI=1S/C22H20ClF3N2O4S/c23-16-4-3-14(22(29)28-15-8-17(24)20(26)18(25)9-15)7-19(16)33(31,32)21-12-1-2-13(21)6-11(5-12)10-27-30/h3-4,7-13,21,30H,1-2,5-6H2,(H,28,29)/b27-10+. The van der Waals surface area contributed by atoms with E-state index in [0.29, 0.717) is 25.0 Å². The lowest BCUT2D eigenvalue weighted by molar-refractivity contribution is 0.102. The number of amides is 1. The molecule has 0 radical (unpaired) electrons. The van der Waals surface area contributed by atoms with E-state index in [-0.39, 0.29) is 38.9 Å². The lowest BCUT2D eigenvalue weighted by atomic mass is 9.81. The number of carbonyl (C=O) groups excluding carboxylic acids is 1. The van der Waals surface area contributed by atoms with Crippen LogP contribution in [0.2, 0.25) is 5.02 Å². The zero-order valence-electron chi connectivity index (χ0n) is 17.1. The van der Waals surface area contributed by atoms with Crippen LogP contribution in [-0.4, -0.2) is 31.0 Å². The Morgan fingerprint density at radius 3 is 2.27 bits per heavy atom. The van der Waals surface area contributed by atoms with Gasteiger partial charge in [-0.2, -0.15) is 0 Å². The topological polar surface area (TPSA) is 95.8 Å². The number of halogens is 4. The van der Waals surface area contributed by atoms with Crippen LogP contribution in [0.3, 0.4) is 0 Å². The Bertz CT molecular complexity index is 1200. The maximum absolute atomic E-state index is 13.6. The Labute approximate surface area is 193 Å². The Hall–Kier alpha value is -2.59. The lowest BCUT2D eigenvalue weighted by Gasteiger charge is -2.33. The molecule has 0 spiro atoms. The molecule has 0 saturated heterocycles. The number of benzene rings is 2. The highest BCUT2D eigenvalue weighted by Gasteiger charge is 2.49. The van der Waals surface area contributed by atoms with Crippen molar-refractivity contribution in [2.75, 3.05) is 5.32 Å². The Balaban J connectivity index is 1.61. The number of oxime groups is 1. The van der Waals surface area contributed by atoms with E-state index in [1.807, 2.05) is 0 Å². The molecule has 4 rings (SSSR count). The highest BCUT2D eigenvalue weighted by molar-refractivity contribution is 7.92. The van der Waals surface area contributed by atoms with E-state index in [4.69, 9.17) is 16.8 Å². The second kappa shape index (κ2) is 8.98. The van der Waals surface area contributed by atoms with Crippen molar-refractivity contribution in [2.45, 2.75) is 35.8 Å². The summed E-state index contributed by atoms with van der Waals surface area (Å²) < 4.78 is 67.1. The average Bonchev–Trinajstić information content (AvgIpc) is 3.04. The molecule has 2 saturated carbocycles. The molecule has 2 bridgehead atoms. The van der Waals surface area contributed by atoms with E-state index in [0.717, 1.165) is 18.9 Å². The second-order valence-corrected chi connectivity index (χ2v) is 10.9. The van der Waals surface area contributed by atoms with Crippen LogP contribution in [0, 0.1) is 35.2 Å². The Kier molecular flexibility index (Phi) is 6.41. The van der Waals surface area contributed by atoms with Gasteiger partial charge in [-0.3, -0.25) is 4.79 Å². The third-order valence-electron chi connectivity index (χ3n) is 6.43. The van der Waals surface area contributed by atoms with E-state index in [9.17, 15) is 26.4 Å². The van der Waals surface area contributed by atoms with E-state index < -0.39 is 38.4 Å². The fourth-order valence-electron chi connectivity index (χ4n) is 5.08. The molecule has 2 aliphatic carbocycles. The number of nitrogens with zero attached hydrogens (tertiary/aromatic N) is 1. The third kappa shape index (κ3) is 4.46. The number of rotatable bonds is 5. The maximum atomic E-state index is 13.6. The first-order chi connectivity index (χ1) is 15.6. The summed E-state index contributed by atoms with van der Waals surface area (Å²) in [5.41, 5.74) is -0.408. The summed E-state index contributed by atoms with van der Waals surface area (Å²) in [4.78, 5) is 12.4. The van der Waals surface area contributed by atoms with Gasteiger partial charge >= 0.3 is 0 Å². The van der Waals surface area contributed by atoms with Gasteiger partial charge in [-0.25, -0.2) is 21.6 Å². The minimum atomic E-state index is -3.90. The molecular weight excluding hydrogens is 481 g/mol. The first-order valence-corrected chi connectivity index (χ1v) is 12.2. The summed E-state index contributed by atoms with van der Waals surface area (Å²) in [6.45, 7) is 0. The van der Waals surface area contributed by atoms with E-state index >= 15 is 0 Å². The minimum Gasteiger partial charge on any atom is -0.411 e. The molecule has 2 fully saturated rings. The zero-order chi connectivity index (χ0) is 23.9. The zero-order valence-corrected chi connectivity index (χ0v) is 18.7. The van der Waals surface area contributed by atoms with Crippen LogP contribution < -0.4 is 5.32 Å². The first-order valence-electron chi connectivity index (χ1n) is 10.3. The fraction of sp³-hybridized carbons (Fsp3) is 0.364. The molecule has 6 nitrogen and oxygen atoms in total. The van der Waals surface area contributed by atoms with Crippen molar-refractivity contribution in [1.29, 1.82) is 0 Å². The number of hydrogen-bond acceptors (Lipinski definition) is 5. The number of hydrogen-bond donors (Lipinski definition) is 2. The van der Waals surface area contributed by atoms with Crippen molar-refractivity contribution in [2.24, 2.45) is 22.9 Å². The monoisotopic (exact) mass is 500 g/mol. The SMILES string of the molecule is O=C(Nc1cc(F)c(F)c(F)c1)c1ccc(Cl)c(S(=O)(=O)C2C3CCC2CC(/C=N/O)C3)c1. The molecule has 2 N–H and O–H groups in total. The number of carbonyl (C=O) groups is 1. The summed E-state index contributed by atoms with van der Waals surface area (Å²) >= 11 is 6.21. The van der Waals surface area contributed by atoms with Gasteiger partial charge in [-0.1, -0.05) is 11.6 Å². The molecule has 33 heavy (non-hydrogen) atoms. The van der Waals surface area contributed by atoms with E-state index in [2.05, 4.69) is 10.5 Å². The predicted octanol–water partition coefficient (Wildman–Crippen LogP) is 5.05. The predicted molar refractivity (Wildman–Crippen MR) is 116 cm³/mol. The fourth-order valence-corrected chi connectivity index (χ4v) is 7.95. The summed E-state index contributed by atoms with van der Waals surface area (Å²) in [5.74, 6) is -5.69. The van der Waals surface area contributed by atoms with Gasteiger partial charge in [0.2, 0.25) is 0 Å². The normalized spacial score (nSPS) is 24.8. The smallest absolute Gasteiger partial charge is 0.255 e. The Morgan fingerprint density at radius 2 is 1.70 bits per heavy atom. The summed E-state index contributed by atoms with van der Waals surface area (Å²) in [7, 11) is -3.90. The van der Waals surface area contributed by atoms with Crippen LogP contribution in [0.25, 0.3) is 0 Å². The molecule has 0 aromatic heterocycles. The van der Waals surface area contributed by atoms with Gasteiger partial charge < -0.3 is 10.5 Å². The highest BCUT2D eigenvalue weighted by atomic mass is 35.5. The maximum Gasteiger partial charge on any atom is 0.255 e. The van der Waals surface area contributed by atoms with Crippen molar-refractivity contribution >= 4 is 39.2 Å². The minimum absolute atomic E-state index is 0.00281. The van der Waals surface area contributed by atoms with Crippen molar-refractivity contribution in [3.63, 3.8) is 0 Å². The molecule has 0 aliphatic heterocycles. The number of nitrogens with one attached hydrogen (secondary N) is 1. The average molecular weight is 501 g/mol. The molecule has 176 valence electrons. The summed E-state index contributed by atoms with van der Waals surface area (Å²) in [5, 5.41) is 13.4. The van der Waals surface area contributed by atoms with Gasteiger partial charge in [-0.15, -0.1) is 5.16 Å². The molecule has 2 unspecified atom stereocenters. The van der Waals surface area contributed by atoms with Gasteiger partial charge in [-0.05, 0) is 61.6 Å². The molecular formula is C22H20ClF3N2O4S. The molecule has 0 heterocycles. The van der Waals surface area contributed by atoms with Crippen molar-refractivity contribution in [3.05, 3.63) is 58.4 Å². The first kappa shape index (κ1) is 23.6.